The van der Waals surface area contributed by atoms with Gasteiger partial charge in [-0.25, -0.2) is 0 Å². The Morgan fingerprint density at radius 2 is 1.95 bits per heavy atom. The third-order valence-electron chi connectivity index (χ3n) is 3.95. The summed E-state index contributed by atoms with van der Waals surface area (Å²) in [5.41, 5.74) is 3.33. The molecule has 0 saturated carbocycles. The Morgan fingerprint density at radius 1 is 1.20 bits per heavy atom. The van der Waals surface area contributed by atoms with Crippen LogP contribution in [0.15, 0.2) is 35.7 Å². The molecule has 2 aromatic rings. The normalized spacial score (nSPS) is 15.4. The summed E-state index contributed by atoms with van der Waals surface area (Å²) in [6.45, 7) is 2.03. The summed E-state index contributed by atoms with van der Waals surface area (Å²) in [5.74, 6) is 0.0701. The van der Waals surface area contributed by atoms with Crippen LogP contribution < -0.4 is 5.32 Å². The van der Waals surface area contributed by atoms with Crippen LogP contribution in [0.2, 0.25) is 0 Å². The van der Waals surface area contributed by atoms with E-state index in [4.69, 9.17) is 0 Å². The van der Waals surface area contributed by atoms with Crippen molar-refractivity contribution in [3.05, 3.63) is 57.3 Å². The van der Waals surface area contributed by atoms with Crippen LogP contribution in [0.25, 0.3) is 0 Å². The average molecular weight is 285 g/mol. The summed E-state index contributed by atoms with van der Waals surface area (Å²) in [5, 5.41) is 5.15. The number of carbonyl (C=O) groups is 1. The van der Waals surface area contributed by atoms with Crippen LogP contribution in [0.1, 0.15) is 52.2 Å². The van der Waals surface area contributed by atoms with Crippen LogP contribution in [0.4, 0.5) is 0 Å². The Balaban J connectivity index is 1.75. The van der Waals surface area contributed by atoms with Crippen molar-refractivity contribution in [1.82, 2.24) is 5.32 Å². The second-order valence-electron chi connectivity index (χ2n) is 5.36. The van der Waals surface area contributed by atoms with Gasteiger partial charge in [-0.05, 0) is 43.7 Å². The lowest BCUT2D eigenvalue weighted by Gasteiger charge is -2.16. The van der Waals surface area contributed by atoms with E-state index in [2.05, 4.69) is 5.32 Å². The summed E-state index contributed by atoms with van der Waals surface area (Å²) in [6, 6.07) is 10.1. The van der Waals surface area contributed by atoms with Gasteiger partial charge in [0.25, 0.3) is 5.91 Å². The Kier molecular flexibility index (Phi) is 3.88. The number of nitrogens with one attached hydrogen (secondary N) is 1. The second-order valence-corrected chi connectivity index (χ2v) is 6.33. The van der Waals surface area contributed by atoms with Crippen LogP contribution in [-0.2, 0) is 12.8 Å². The van der Waals surface area contributed by atoms with E-state index in [-0.39, 0.29) is 11.9 Å². The van der Waals surface area contributed by atoms with Crippen LogP contribution >= 0.6 is 11.3 Å². The Morgan fingerprint density at radius 3 is 2.75 bits per heavy atom. The Hall–Kier alpha value is -1.61. The molecule has 20 heavy (non-hydrogen) atoms. The fourth-order valence-corrected chi connectivity index (χ4v) is 3.91. The van der Waals surface area contributed by atoms with E-state index in [1.807, 2.05) is 42.6 Å². The molecule has 1 aromatic heterocycles. The molecule has 1 aromatic carbocycles. The first kappa shape index (κ1) is 13.4. The first-order chi connectivity index (χ1) is 9.75. The molecule has 0 bridgehead atoms. The van der Waals surface area contributed by atoms with Crippen molar-refractivity contribution in [2.24, 2.45) is 0 Å². The molecule has 1 aliphatic rings. The highest BCUT2D eigenvalue weighted by molar-refractivity contribution is 7.10. The minimum atomic E-state index is 0.0443. The molecule has 1 aliphatic carbocycles. The van der Waals surface area contributed by atoms with Crippen molar-refractivity contribution in [1.29, 1.82) is 0 Å². The number of hydrogen-bond acceptors (Lipinski definition) is 2. The van der Waals surface area contributed by atoms with Crippen molar-refractivity contribution >= 4 is 17.2 Å². The number of fused-ring (bicyclic) bond motifs is 1. The van der Waals surface area contributed by atoms with Crippen molar-refractivity contribution in [2.45, 2.75) is 38.6 Å². The van der Waals surface area contributed by atoms with E-state index in [0.29, 0.717) is 0 Å². The van der Waals surface area contributed by atoms with Gasteiger partial charge in [-0.2, -0.15) is 0 Å². The molecule has 0 unspecified atom stereocenters. The topological polar surface area (TPSA) is 29.1 Å². The SMILES string of the molecule is C[C@H](NC(=O)c1csc2c1CCCC2)c1ccccc1. The van der Waals surface area contributed by atoms with E-state index >= 15 is 0 Å². The third-order valence-corrected chi connectivity index (χ3v) is 5.04. The predicted octanol–water partition coefficient (Wildman–Crippen LogP) is 4.12. The molecule has 0 fully saturated rings. The van der Waals surface area contributed by atoms with Crippen molar-refractivity contribution < 1.29 is 4.79 Å². The maximum absolute atomic E-state index is 12.5. The highest BCUT2D eigenvalue weighted by Crippen LogP contribution is 2.30. The molecule has 104 valence electrons. The first-order valence-corrected chi connectivity index (χ1v) is 8.08. The molecule has 3 rings (SSSR count). The number of benzene rings is 1. The quantitative estimate of drug-likeness (QED) is 0.903. The fourth-order valence-electron chi connectivity index (χ4n) is 2.78. The van der Waals surface area contributed by atoms with Gasteiger partial charge in [-0.1, -0.05) is 30.3 Å². The van der Waals surface area contributed by atoms with Gasteiger partial charge in [0.05, 0.1) is 11.6 Å². The molecule has 1 amide bonds. The maximum Gasteiger partial charge on any atom is 0.252 e. The van der Waals surface area contributed by atoms with E-state index in [0.717, 1.165) is 24.0 Å². The van der Waals surface area contributed by atoms with Gasteiger partial charge < -0.3 is 5.32 Å². The smallest absolute Gasteiger partial charge is 0.252 e. The molecule has 0 saturated heterocycles. The van der Waals surface area contributed by atoms with Gasteiger partial charge in [0.1, 0.15) is 0 Å². The summed E-state index contributed by atoms with van der Waals surface area (Å²) >= 11 is 1.74. The Labute approximate surface area is 123 Å². The van der Waals surface area contributed by atoms with Crippen molar-refractivity contribution in [3.63, 3.8) is 0 Å². The van der Waals surface area contributed by atoms with Crippen LogP contribution in [0.5, 0.6) is 0 Å². The standard InChI is InChI=1S/C17H19NOS/c1-12(13-7-3-2-4-8-13)18-17(19)15-11-20-16-10-6-5-9-14(15)16/h2-4,7-8,11-12H,5-6,9-10H2,1H3,(H,18,19)/t12-/m0/s1. The first-order valence-electron chi connectivity index (χ1n) is 7.21. The van der Waals surface area contributed by atoms with E-state index in [1.54, 1.807) is 11.3 Å². The van der Waals surface area contributed by atoms with E-state index in [9.17, 15) is 4.79 Å². The summed E-state index contributed by atoms with van der Waals surface area (Å²) < 4.78 is 0. The third kappa shape index (κ3) is 2.63. The molecular weight excluding hydrogens is 266 g/mol. The van der Waals surface area contributed by atoms with Gasteiger partial charge in [0.2, 0.25) is 0 Å². The zero-order chi connectivity index (χ0) is 13.9. The number of hydrogen-bond donors (Lipinski definition) is 1. The molecule has 3 heteroatoms. The lowest BCUT2D eigenvalue weighted by molar-refractivity contribution is 0.0939. The summed E-state index contributed by atoms with van der Waals surface area (Å²) in [7, 11) is 0. The van der Waals surface area contributed by atoms with Gasteiger partial charge >= 0.3 is 0 Å². The molecule has 2 nitrogen and oxygen atoms in total. The van der Waals surface area contributed by atoms with Gasteiger partial charge in [-0.3, -0.25) is 4.79 Å². The number of rotatable bonds is 3. The fraction of sp³-hybridized carbons (Fsp3) is 0.353. The predicted molar refractivity (Wildman–Crippen MR) is 83.3 cm³/mol. The number of thiophene rings is 1. The molecule has 1 N–H and O–H groups in total. The van der Waals surface area contributed by atoms with Crippen LogP contribution in [0.3, 0.4) is 0 Å². The minimum absolute atomic E-state index is 0.0443. The van der Waals surface area contributed by atoms with Crippen LogP contribution in [-0.4, -0.2) is 5.91 Å². The zero-order valence-corrected chi connectivity index (χ0v) is 12.5. The van der Waals surface area contributed by atoms with E-state index < -0.39 is 0 Å². The molecule has 0 aliphatic heterocycles. The molecule has 0 spiro atoms. The molecule has 1 heterocycles. The molecule has 1 atom stereocenters. The number of aryl methyl sites for hydroxylation is 1. The van der Waals surface area contributed by atoms with Gasteiger partial charge in [0, 0.05) is 10.3 Å². The van der Waals surface area contributed by atoms with E-state index in [1.165, 1.54) is 23.3 Å². The zero-order valence-electron chi connectivity index (χ0n) is 11.7. The highest BCUT2D eigenvalue weighted by Gasteiger charge is 2.21. The van der Waals surface area contributed by atoms with Crippen LogP contribution in [0, 0.1) is 0 Å². The van der Waals surface area contributed by atoms with Crippen molar-refractivity contribution in [3.8, 4) is 0 Å². The van der Waals surface area contributed by atoms with Gasteiger partial charge in [0.15, 0.2) is 0 Å². The minimum Gasteiger partial charge on any atom is -0.345 e. The largest absolute Gasteiger partial charge is 0.345 e. The molecule has 0 radical (unpaired) electrons. The van der Waals surface area contributed by atoms with Crippen molar-refractivity contribution in [2.75, 3.05) is 0 Å². The average Bonchev–Trinajstić information content (AvgIpc) is 2.92. The molecular formula is C17H19NOS. The monoisotopic (exact) mass is 285 g/mol. The Bertz CT molecular complexity index is 603. The van der Waals surface area contributed by atoms with Gasteiger partial charge in [-0.15, -0.1) is 11.3 Å². The highest BCUT2D eigenvalue weighted by atomic mass is 32.1. The maximum atomic E-state index is 12.5. The lowest BCUT2D eigenvalue weighted by Crippen LogP contribution is -2.27. The number of carbonyl (C=O) groups excluding carboxylic acids is 1. The number of amides is 1. The summed E-state index contributed by atoms with van der Waals surface area (Å²) in [4.78, 5) is 13.9. The lowest BCUT2D eigenvalue weighted by atomic mass is 9.95. The summed E-state index contributed by atoms with van der Waals surface area (Å²) in [6.07, 6.45) is 4.66. The second kappa shape index (κ2) is 5.80.